The molecule has 3 amide bonds. The highest BCUT2D eigenvalue weighted by Crippen LogP contribution is 2.32. The number of rotatable bonds is 13. The maximum Gasteiger partial charge on any atom is 0.246 e. The fourth-order valence-electron chi connectivity index (χ4n) is 4.96. The number of unbranched alkanes of at least 4 members (excludes halogenated alkanes) is 3. The molecule has 5 N–H and O–H groups in total. The summed E-state index contributed by atoms with van der Waals surface area (Å²) >= 11 is 1.56. The molecule has 1 aliphatic heterocycles. The van der Waals surface area contributed by atoms with Gasteiger partial charge in [-0.2, -0.15) is 0 Å². The van der Waals surface area contributed by atoms with Gasteiger partial charge in [-0.1, -0.05) is 45.7 Å². The largest absolute Gasteiger partial charge is 0.493 e. The van der Waals surface area contributed by atoms with Gasteiger partial charge in [-0.25, -0.2) is 4.98 Å². The summed E-state index contributed by atoms with van der Waals surface area (Å²) in [6.45, 7) is 10.3. The zero-order valence-electron chi connectivity index (χ0n) is 24.9. The van der Waals surface area contributed by atoms with Gasteiger partial charge < -0.3 is 31.1 Å². The second-order valence-corrected chi connectivity index (χ2v) is 12.6. The maximum absolute atomic E-state index is 13.5. The van der Waals surface area contributed by atoms with Crippen molar-refractivity contribution in [3.63, 3.8) is 0 Å². The van der Waals surface area contributed by atoms with E-state index in [0.29, 0.717) is 18.9 Å². The monoisotopic (exact) mass is 587 g/mol. The molecule has 0 spiro atoms. The summed E-state index contributed by atoms with van der Waals surface area (Å²) in [6, 6.07) is 4.25. The quantitative estimate of drug-likeness (QED) is 0.263. The van der Waals surface area contributed by atoms with Gasteiger partial charge in [0.15, 0.2) is 0 Å². The lowest BCUT2D eigenvalue weighted by molar-refractivity contribution is -0.143. The molecule has 0 saturated carbocycles. The summed E-state index contributed by atoms with van der Waals surface area (Å²) < 4.78 is 6.19. The number of hydrogen-bond acceptors (Lipinski definition) is 8. The minimum atomic E-state index is -0.845. The van der Waals surface area contributed by atoms with Crippen molar-refractivity contribution in [1.29, 1.82) is 0 Å². The number of aromatic nitrogens is 1. The Labute approximate surface area is 247 Å². The van der Waals surface area contributed by atoms with Crippen LogP contribution in [0.5, 0.6) is 5.75 Å². The molecule has 1 saturated heterocycles. The van der Waals surface area contributed by atoms with Crippen molar-refractivity contribution in [3.8, 4) is 16.2 Å². The van der Waals surface area contributed by atoms with Gasteiger partial charge in [-0.15, -0.1) is 11.3 Å². The van der Waals surface area contributed by atoms with E-state index in [2.05, 4.69) is 15.6 Å². The number of benzene rings is 1. The minimum Gasteiger partial charge on any atom is -0.493 e. The Morgan fingerprint density at radius 1 is 1.22 bits per heavy atom. The first kappa shape index (κ1) is 32.5. The molecule has 0 aliphatic carbocycles. The van der Waals surface area contributed by atoms with E-state index in [4.69, 9.17) is 10.5 Å². The number of nitrogens with zero attached hydrogens (tertiary/aromatic N) is 2. The first-order valence-electron chi connectivity index (χ1n) is 14.3. The van der Waals surface area contributed by atoms with E-state index in [0.717, 1.165) is 47.4 Å². The highest BCUT2D eigenvalue weighted by molar-refractivity contribution is 7.13. The van der Waals surface area contributed by atoms with E-state index in [9.17, 15) is 19.5 Å². The zero-order chi connectivity index (χ0) is 30.2. The van der Waals surface area contributed by atoms with Crippen LogP contribution in [-0.4, -0.2) is 70.6 Å². The molecular formula is C30H45N5O5S. The van der Waals surface area contributed by atoms with E-state index in [1.54, 1.807) is 11.3 Å². The number of hydrogen-bond donors (Lipinski definition) is 4. The number of aliphatic hydroxyl groups is 1. The third-order valence-corrected chi connectivity index (χ3v) is 8.19. The lowest BCUT2D eigenvalue weighted by atomic mass is 9.85. The van der Waals surface area contributed by atoms with Crippen molar-refractivity contribution in [2.75, 3.05) is 19.7 Å². The summed E-state index contributed by atoms with van der Waals surface area (Å²) in [4.78, 5) is 45.5. The number of aliphatic hydroxyl groups excluding tert-OH is 1. The van der Waals surface area contributed by atoms with E-state index in [1.165, 1.54) is 11.8 Å². The number of carbonyl (C=O) groups is 3. The lowest BCUT2D eigenvalue weighted by Crippen LogP contribution is -2.57. The van der Waals surface area contributed by atoms with Gasteiger partial charge in [0.25, 0.3) is 0 Å². The fourth-order valence-corrected chi connectivity index (χ4v) is 5.76. The third kappa shape index (κ3) is 8.98. The third-order valence-electron chi connectivity index (χ3n) is 7.21. The number of β-amino-alcohol motifs (C(OH)–C–C–N with tert-alkyl or cyclic N) is 1. The molecule has 3 atom stereocenters. The Hall–Kier alpha value is -3.02. The van der Waals surface area contributed by atoms with E-state index in [-0.39, 0.29) is 37.2 Å². The number of nitrogens with one attached hydrogen (secondary N) is 2. The summed E-state index contributed by atoms with van der Waals surface area (Å²) in [5.41, 5.74) is 9.59. The number of carbonyl (C=O) groups excluding carboxylic acids is 3. The van der Waals surface area contributed by atoms with Crippen LogP contribution in [0.1, 0.15) is 71.1 Å². The van der Waals surface area contributed by atoms with Crippen LogP contribution in [0.4, 0.5) is 0 Å². The Bertz CT molecular complexity index is 1190. The SMILES string of the molecule is CC(=O)NC(C(=O)N1CC(O)CC1C(=O)NCc1ccc(-c2scnc2C)cc1OCCCCCCN)C(C)(C)C. The molecule has 3 unspecified atom stereocenters. The van der Waals surface area contributed by atoms with E-state index >= 15 is 0 Å². The molecule has 3 rings (SSSR count). The molecular weight excluding hydrogens is 542 g/mol. The predicted molar refractivity (Wildman–Crippen MR) is 160 cm³/mol. The predicted octanol–water partition coefficient (Wildman–Crippen LogP) is 3.15. The molecule has 0 radical (unpaired) electrons. The number of ether oxygens (including phenoxy) is 1. The van der Waals surface area contributed by atoms with Crippen molar-refractivity contribution < 1.29 is 24.2 Å². The van der Waals surface area contributed by atoms with Crippen LogP contribution in [-0.2, 0) is 20.9 Å². The van der Waals surface area contributed by atoms with Crippen LogP contribution in [0.15, 0.2) is 23.7 Å². The van der Waals surface area contributed by atoms with Crippen molar-refractivity contribution in [3.05, 3.63) is 35.0 Å². The molecule has 1 fully saturated rings. The van der Waals surface area contributed by atoms with Crippen LogP contribution in [0.25, 0.3) is 10.4 Å². The summed E-state index contributed by atoms with van der Waals surface area (Å²) in [5, 5.41) is 16.1. The van der Waals surface area contributed by atoms with Crippen molar-refractivity contribution >= 4 is 29.1 Å². The topological polar surface area (TPSA) is 147 Å². The van der Waals surface area contributed by atoms with Gasteiger partial charge in [0.1, 0.15) is 17.8 Å². The van der Waals surface area contributed by atoms with Crippen LogP contribution < -0.4 is 21.1 Å². The Morgan fingerprint density at radius 2 is 1.95 bits per heavy atom. The first-order chi connectivity index (χ1) is 19.4. The summed E-state index contributed by atoms with van der Waals surface area (Å²) in [6.07, 6.45) is 3.28. The number of thiazole rings is 1. The van der Waals surface area contributed by atoms with Crippen molar-refractivity contribution in [2.45, 2.75) is 91.5 Å². The fraction of sp³-hybridized carbons (Fsp3) is 0.600. The van der Waals surface area contributed by atoms with Crippen LogP contribution in [0.3, 0.4) is 0 Å². The minimum absolute atomic E-state index is 0.0322. The zero-order valence-corrected chi connectivity index (χ0v) is 25.7. The molecule has 0 bridgehead atoms. The Balaban J connectivity index is 1.74. The van der Waals surface area contributed by atoms with Gasteiger partial charge in [0, 0.05) is 32.0 Å². The molecule has 41 heavy (non-hydrogen) atoms. The smallest absolute Gasteiger partial charge is 0.246 e. The lowest BCUT2D eigenvalue weighted by Gasteiger charge is -2.35. The van der Waals surface area contributed by atoms with E-state index in [1.807, 2.05) is 51.4 Å². The Morgan fingerprint density at radius 3 is 2.59 bits per heavy atom. The van der Waals surface area contributed by atoms with Gasteiger partial charge in [0.05, 0.1) is 28.8 Å². The van der Waals surface area contributed by atoms with Crippen LogP contribution in [0.2, 0.25) is 0 Å². The molecule has 1 aromatic carbocycles. The van der Waals surface area contributed by atoms with Gasteiger partial charge in [-0.3, -0.25) is 14.4 Å². The Kier molecular flexibility index (Phi) is 11.7. The van der Waals surface area contributed by atoms with Crippen LogP contribution >= 0.6 is 11.3 Å². The van der Waals surface area contributed by atoms with E-state index < -0.39 is 23.6 Å². The molecule has 2 heterocycles. The van der Waals surface area contributed by atoms with Gasteiger partial charge in [0.2, 0.25) is 17.7 Å². The second-order valence-electron chi connectivity index (χ2n) is 11.8. The highest BCUT2D eigenvalue weighted by Gasteiger charge is 2.44. The summed E-state index contributed by atoms with van der Waals surface area (Å²) in [5.74, 6) is -0.386. The average molecular weight is 588 g/mol. The van der Waals surface area contributed by atoms with Crippen molar-refractivity contribution in [2.24, 2.45) is 11.1 Å². The molecule has 1 aromatic heterocycles. The number of amides is 3. The first-order valence-corrected chi connectivity index (χ1v) is 15.2. The normalized spacial score (nSPS) is 17.8. The highest BCUT2D eigenvalue weighted by atomic mass is 32.1. The molecule has 11 heteroatoms. The van der Waals surface area contributed by atoms with Crippen molar-refractivity contribution in [1.82, 2.24) is 20.5 Å². The number of nitrogens with two attached hydrogens (primary N) is 1. The number of likely N-dealkylation sites (tertiary alicyclic amines) is 1. The standard InChI is InChI=1S/C30H45N5O5S/c1-19-26(41-18-33-19)21-10-11-22(25(14-21)40-13-9-7-6-8-12-31)16-32-28(38)24-15-23(37)17-35(24)29(39)27(30(3,4)5)34-20(2)36/h10-11,14,18,23-24,27,37H,6-9,12-13,15-17,31H2,1-5H3,(H,32,38)(H,34,36). The maximum atomic E-state index is 13.5. The molecule has 10 nitrogen and oxygen atoms in total. The van der Waals surface area contributed by atoms with Gasteiger partial charge >= 0.3 is 0 Å². The number of aryl methyl sites for hydroxylation is 1. The van der Waals surface area contributed by atoms with Gasteiger partial charge in [-0.05, 0) is 43.4 Å². The average Bonchev–Trinajstić information content (AvgIpc) is 3.52. The molecule has 226 valence electrons. The second kappa shape index (κ2) is 14.7. The summed E-state index contributed by atoms with van der Waals surface area (Å²) in [7, 11) is 0. The van der Waals surface area contributed by atoms with Crippen LogP contribution in [0, 0.1) is 12.3 Å². The molecule has 1 aliphatic rings. The molecule has 2 aromatic rings.